The van der Waals surface area contributed by atoms with Gasteiger partial charge in [0.05, 0.1) is 0 Å². The minimum atomic E-state index is -0.291. The summed E-state index contributed by atoms with van der Waals surface area (Å²) < 4.78 is 0. The second-order valence-electron chi connectivity index (χ2n) is 5.20. The van der Waals surface area contributed by atoms with Crippen molar-refractivity contribution in [2.45, 2.75) is 12.3 Å². The summed E-state index contributed by atoms with van der Waals surface area (Å²) in [6.07, 6.45) is 0.722. The Balaban J connectivity index is 1.70. The Bertz CT molecular complexity index is 881. The number of aromatic nitrogens is 4. The van der Waals surface area contributed by atoms with Gasteiger partial charge in [-0.2, -0.15) is 4.98 Å². The predicted octanol–water partition coefficient (Wildman–Crippen LogP) is 0.980. The average Bonchev–Trinajstić information content (AvgIpc) is 3.04. The quantitative estimate of drug-likeness (QED) is 0.559. The number of hydrogen-bond acceptors (Lipinski definition) is 5. The molecule has 5 N–H and O–H groups in total. The van der Waals surface area contributed by atoms with Gasteiger partial charge in [-0.15, -0.1) is 0 Å². The van der Waals surface area contributed by atoms with E-state index in [1.54, 1.807) is 0 Å². The Morgan fingerprint density at radius 2 is 2.10 bits per heavy atom. The monoisotopic (exact) mass is 282 g/mol. The van der Waals surface area contributed by atoms with Crippen LogP contribution in [-0.2, 0) is 6.42 Å². The molecule has 0 fully saturated rings. The number of anilines is 2. The molecule has 1 atom stereocenters. The van der Waals surface area contributed by atoms with Crippen LogP contribution in [0.1, 0.15) is 17.3 Å². The van der Waals surface area contributed by atoms with Crippen molar-refractivity contribution >= 4 is 22.8 Å². The lowest BCUT2D eigenvalue weighted by Crippen LogP contribution is -2.11. The summed E-state index contributed by atoms with van der Waals surface area (Å²) in [5.74, 6) is 1.16. The normalized spacial score (nSPS) is 16.9. The van der Waals surface area contributed by atoms with Gasteiger partial charge in [-0.3, -0.25) is 9.78 Å². The first-order valence-electron chi connectivity index (χ1n) is 6.78. The standard InChI is InChI=1S/C14H14N6O/c15-14-19-12-11(13(21)20-14)17-10(18-12)5-7-6-16-9-4-2-1-3-8(7)9/h1-4,7,16H,5-6H2,(H4,15,17,18,19,20,21). The van der Waals surface area contributed by atoms with Crippen molar-refractivity contribution in [1.29, 1.82) is 0 Å². The molecule has 0 bridgehead atoms. The molecule has 0 saturated carbocycles. The van der Waals surface area contributed by atoms with E-state index in [1.807, 2.05) is 12.1 Å². The molecule has 0 saturated heterocycles. The summed E-state index contributed by atoms with van der Waals surface area (Å²) in [6.45, 7) is 0.863. The SMILES string of the molecule is Nc1nc2nc(CC3CNc4ccccc43)[nH]c2c(=O)[nH]1. The highest BCUT2D eigenvalue weighted by molar-refractivity contribution is 5.70. The van der Waals surface area contributed by atoms with Crippen LogP contribution in [0.25, 0.3) is 11.2 Å². The third kappa shape index (κ3) is 1.94. The molecule has 3 aromatic rings. The van der Waals surface area contributed by atoms with Crippen LogP contribution < -0.4 is 16.6 Å². The molecule has 0 aliphatic carbocycles. The number of imidazole rings is 1. The van der Waals surface area contributed by atoms with E-state index in [0.717, 1.165) is 18.8 Å². The van der Waals surface area contributed by atoms with Crippen LogP contribution in [0, 0.1) is 0 Å². The second kappa shape index (κ2) is 4.34. The van der Waals surface area contributed by atoms with E-state index in [-0.39, 0.29) is 11.5 Å². The molecule has 7 nitrogen and oxygen atoms in total. The molecule has 0 spiro atoms. The van der Waals surface area contributed by atoms with Gasteiger partial charge >= 0.3 is 0 Å². The highest BCUT2D eigenvalue weighted by Crippen LogP contribution is 2.32. The van der Waals surface area contributed by atoms with Crippen molar-refractivity contribution in [3.05, 3.63) is 46.0 Å². The first-order chi connectivity index (χ1) is 10.2. The fourth-order valence-electron chi connectivity index (χ4n) is 2.84. The lowest BCUT2D eigenvalue weighted by Gasteiger charge is -2.07. The summed E-state index contributed by atoms with van der Waals surface area (Å²) in [6, 6.07) is 8.23. The third-order valence-corrected chi connectivity index (χ3v) is 3.81. The predicted molar refractivity (Wildman–Crippen MR) is 80.3 cm³/mol. The van der Waals surface area contributed by atoms with Crippen molar-refractivity contribution in [3.8, 4) is 0 Å². The van der Waals surface area contributed by atoms with Gasteiger partial charge in [-0.05, 0) is 11.6 Å². The van der Waals surface area contributed by atoms with E-state index in [0.29, 0.717) is 17.1 Å². The number of benzene rings is 1. The zero-order valence-corrected chi connectivity index (χ0v) is 11.2. The summed E-state index contributed by atoms with van der Waals surface area (Å²) in [7, 11) is 0. The fourth-order valence-corrected chi connectivity index (χ4v) is 2.84. The number of fused-ring (bicyclic) bond motifs is 2. The number of nitrogen functional groups attached to an aromatic ring is 1. The maximum Gasteiger partial charge on any atom is 0.278 e. The van der Waals surface area contributed by atoms with Crippen LogP contribution in [0.4, 0.5) is 11.6 Å². The summed E-state index contributed by atoms with van der Waals surface area (Å²) >= 11 is 0. The maximum absolute atomic E-state index is 11.8. The van der Waals surface area contributed by atoms with Gasteiger partial charge in [0.1, 0.15) is 5.82 Å². The minimum Gasteiger partial charge on any atom is -0.384 e. The number of aromatic amines is 2. The molecular weight excluding hydrogens is 268 g/mol. The van der Waals surface area contributed by atoms with Gasteiger partial charge in [-0.1, -0.05) is 18.2 Å². The molecule has 106 valence electrons. The van der Waals surface area contributed by atoms with Crippen LogP contribution in [-0.4, -0.2) is 26.5 Å². The Labute approximate surface area is 119 Å². The van der Waals surface area contributed by atoms with Crippen molar-refractivity contribution in [3.63, 3.8) is 0 Å². The van der Waals surface area contributed by atoms with Gasteiger partial charge in [0.25, 0.3) is 5.56 Å². The molecule has 1 aromatic carbocycles. The average molecular weight is 282 g/mol. The summed E-state index contributed by atoms with van der Waals surface area (Å²) in [4.78, 5) is 25.7. The van der Waals surface area contributed by atoms with E-state index in [4.69, 9.17) is 5.73 Å². The largest absolute Gasteiger partial charge is 0.384 e. The van der Waals surface area contributed by atoms with Crippen LogP contribution in [0.5, 0.6) is 0 Å². The van der Waals surface area contributed by atoms with Crippen LogP contribution >= 0.6 is 0 Å². The molecule has 21 heavy (non-hydrogen) atoms. The van der Waals surface area contributed by atoms with Crippen molar-refractivity contribution < 1.29 is 0 Å². The Morgan fingerprint density at radius 1 is 1.24 bits per heavy atom. The van der Waals surface area contributed by atoms with Crippen LogP contribution in [0.3, 0.4) is 0 Å². The first-order valence-corrected chi connectivity index (χ1v) is 6.78. The highest BCUT2D eigenvalue weighted by Gasteiger charge is 2.23. The number of para-hydroxylation sites is 1. The van der Waals surface area contributed by atoms with E-state index in [1.165, 1.54) is 11.3 Å². The molecule has 0 radical (unpaired) electrons. The zero-order chi connectivity index (χ0) is 14.4. The number of hydrogen-bond donors (Lipinski definition) is 4. The van der Waals surface area contributed by atoms with Gasteiger partial charge < -0.3 is 16.0 Å². The number of H-pyrrole nitrogens is 2. The summed E-state index contributed by atoms with van der Waals surface area (Å²) in [5.41, 5.74) is 8.42. The maximum atomic E-state index is 11.8. The first kappa shape index (κ1) is 12.0. The van der Waals surface area contributed by atoms with E-state index in [9.17, 15) is 4.79 Å². The number of nitrogens with one attached hydrogen (secondary N) is 3. The van der Waals surface area contributed by atoms with Gasteiger partial charge in [0.15, 0.2) is 11.2 Å². The smallest absolute Gasteiger partial charge is 0.278 e. The lowest BCUT2D eigenvalue weighted by atomic mass is 9.98. The molecular formula is C14H14N6O. The Kier molecular flexibility index (Phi) is 2.47. The highest BCUT2D eigenvalue weighted by atomic mass is 16.1. The van der Waals surface area contributed by atoms with Crippen molar-refractivity contribution in [1.82, 2.24) is 19.9 Å². The Hall–Kier alpha value is -2.83. The van der Waals surface area contributed by atoms with Crippen LogP contribution in [0.2, 0.25) is 0 Å². The second-order valence-corrected chi connectivity index (χ2v) is 5.20. The molecule has 1 aliphatic heterocycles. The minimum absolute atomic E-state index is 0.0819. The topological polar surface area (TPSA) is 112 Å². The molecule has 7 heteroatoms. The molecule has 3 heterocycles. The zero-order valence-electron chi connectivity index (χ0n) is 11.2. The third-order valence-electron chi connectivity index (χ3n) is 3.81. The van der Waals surface area contributed by atoms with E-state index < -0.39 is 0 Å². The fraction of sp³-hybridized carbons (Fsp3) is 0.214. The van der Waals surface area contributed by atoms with Gasteiger partial charge in [0.2, 0.25) is 5.95 Å². The molecule has 1 aliphatic rings. The number of nitrogens with two attached hydrogens (primary N) is 1. The molecule has 1 unspecified atom stereocenters. The van der Waals surface area contributed by atoms with Gasteiger partial charge in [-0.25, -0.2) is 4.98 Å². The number of rotatable bonds is 2. The van der Waals surface area contributed by atoms with Gasteiger partial charge in [0, 0.05) is 24.6 Å². The molecule has 2 aromatic heterocycles. The van der Waals surface area contributed by atoms with Crippen molar-refractivity contribution in [2.24, 2.45) is 0 Å². The lowest BCUT2D eigenvalue weighted by molar-refractivity contribution is 0.723. The van der Waals surface area contributed by atoms with E-state index in [2.05, 4.69) is 37.4 Å². The van der Waals surface area contributed by atoms with E-state index >= 15 is 0 Å². The molecule has 4 rings (SSSR count). The van der Waals surface area contributed by atoms with Crippen molar-refractivity contribution in [2.75, 3.05) is 17.6 Å². The Morgan fingerprint density at radius 3 is 3.00 bits per heavy atom. The summed E-state index contributed by atoms with van der Waals surface area (Å²) in [5, 5.41) is 3.38. The molecule has 0 amide bonds. The van der Waals surface area contributed by atoms with Crippen LogP contribution in [0.15, 0.2) is 29.1 Å². The number of nitrogens with zero attached hydrogens (tertiary/aromatic N) is 2.